The third-order valence-corrected chi connectivity index (χ3v) is 4.57. The molecule has 94 valence electrons. The molecule has 0 saturated heterocycles. The molecule has 2 N–H and O–H groups in total. The summed E-state index contributed by atoms with van der Waals surface area (Å²) in [6.45, 7) is 1.94. The van der Waals surface area contributed by atoms with Gasteiger partial charge in [-0.3, -0.25) is 9.89 Å². The van der Waals surface area contributed by atoms with Gasteiger partial charge in [-0.25, -0.2) is 4.98 Å². The van der Waals surface area contributed by atoms with Gasteiger partial charge in [0.05, 0.1) is 0 Å². The predicted octanol–water partition coefficient (Wildman–Crippen LogP) is 2.99. The summed E-state index contributed by atoms with van der Waals surface area (Å²) in [4.78, 5) is 15.9. The number of benzene rings is 1. The van der Waals surface area contributed by atoms with E-state index < -0.39 is 0 Å². The Morgan fingerprint density at radius 1 is 1.56 bits per heavy atom. The highest BCUT2D eigenvalue weighted by molar-refractivity contribution is 14.1. The van der Waals surface area contributed by atoms with Crippen molar-refractivity contribution in [3.63, 3.8) is 0 Å². The molecule has 7 heteroatoms. The fourth-order valence-electron chi connectivity index (χ4n) is 1.32. The molecule has 5 nitrogen and oxygen atoms in total. The summed E-state index contributed by atoms with van der Waals surface area (Å²) >= 11 is 5.59. The number of anilines is 1. The first-order valence-corrected chi connectivity index (χ1v) is 7.15. The quantitative estimate of drug-likeness (QED) is 0.750. The number of carbonyl (C=O) groups excluding carboxylic acids is 1. The largest absolute Gasteiger partial charge is 0.319 e. The normalized spacial score (nSPS) is 10.4. The highest BCUT2D eigenvalue weighted by Crippen LogP contribution is 2.22. The third kappa shape index (κ3) is 3.08. The van der Waals surface area contributed by atoms with Crippen molar-refractivity contribution >= 4 is 50.1 Å². The van der Waals surface area contributed by atoms with Crippen LogP contribution in [0.25, 0.3) is 0 Å². The highest BCUT2D eigenvalue weighted by Gasteiger charge is 2.12. The lowest BCUT2D eigenvalue weighted by molar-refractivity contribution is 0.101. The number of aromatic nitrogens is 3. The Morgan fingerprint density at radius 2 is 2.33 bits per heavy atom. The lowest BCUT2D eigenvalue weighted by Gasteiger charge is -2.04. The van der Waals surface area contributed by atoms with Crippen LogP contribution in [-0.4, -0.2) is 21.1 Å². The van der Waals surface area contributed by atoms with Gasteiger partial charge in [0.2, 0.25) is 5.82 Å². The van der Waals surface area contributed by atoms with Gasteiger partial charge in [-0.2, -0.15) is 0 Å². The van der Waals surface area contributed by atoms with Crippen LogP contribution < -0.4 is 5.32 Å². The predicted molar refractivity (Wildman–Crippen MR) is 80.6 cm³/mol. The number of aromatic amines is 1. The lowest BCUT2D eigenvalue weighted by atomic mass is 10.3. The van der Waals surface area contributed by atoms with Crippen LogP contribution in [0.3, 0.4) is 0 Å². The number of nitrogens with zero attached hydrogens (tertiary/aromatic N) is 2. The number of hydrogen-bond acceptors (Lipinski definition) is 3. The minimum absolute atomic E-state index is 0.157. The van der Waals surface area contributed by atoms with Gasteiger partial charge in [0.15, 0.2) is 0 Å². The molecule has 2 rings (SSSR count). The maximum absolute atomic E-state index is 11.9. The second-order valence-electron chi connectivity index (χ2n) is 3.54. The fourth-order valence-corrected chi connectivity index (χ4v) is 2.08. The zero-order chi connectivity index (χ0) is 13.1. The molecule has 0 bridgehead atoms. The number of carbonyl (C=O) groups is 1. The minimum atomic E-state index is -0.316. The second-order valence-corrected chi connectivity index (χ2v) is 5.56. The molecule has 0 unspecified atom stereocenters. The van der Waals surface area contributed by atoms with Crippen LogP contribution in [0.1, 0.15) is 23.4 Å². The van der Waals surface area contributed by atoms with E-state index in [1.807, 2.05) is 25.1 Å². The Kier molecular flexibility index (Phi) is 4.33. The number of rotatable bonds is 3. The minimum Gasteiger partial charge on any atom is -0.319 e. The summed E-state index contributed by atoms with van der Waals surface area (Å²) in [6.07, 6.45) is 0.719. The smallest absolute Gasteiger partial charge is 0.295 e. The molecule has 1 amide bonds. The molecule has 0 aliphatic rings. The summed E-state index contributed by atoms with van der Waals surface area (Å²) in [5.74, 6) is 0.541. The SMILES string of the molecule is CCc1nc(C(=O)Nc2ccc(Br)c(I)c2)n[nH]1. The van der Waals surface area contributed by atoms with E-state index in [0.717, 1.165) is 20.2 Å². The molecule has 0 saturated carbocycles. The Morgan fingerprint density at radius 3 is 2.94 bits per heavy atom. The van der Waals surface area contributed by atoms with Crippen molar-refractivity contribution in [2.45, 2.75) is 13.3 Å². The van der Waals surface area contributed by atoms with E-state index in [2.05, 4.69) is 59.0 Å². The third-order valence-electron chi connectivity index (χ3n) is 2.25. The van der Waals surface area contributed by atoms with Crippen molar-refractivity contribution in [3.05, 3.63) is 37.9 Å². The number of halogens is 2. The van der Waals surface area contributed by atoms with E-state index in [9.17, 15) is 4.79 Å². The zero-order valence-electron chi connectivity index (χ0n) is 9.50. The molecule has 1 heterocycles. The van der Waals surface area contributed by atoms with Gasteiger partial charge < -0.3 is 5.32 Å². The van der Waals surface area contributed by atoms with Gasteiger partial charge in [0.1, 0.15) is 5.82 Å². The molecular weight excluding hydrogens is 411 g/mol. The molecule has 2 aromatic rings. The first-order chi connectivity index (χ1) is 8.60. The number of nitrogens with one attached hydrogen (secondary N) is 2. The van der Waals surface area contributed by atoms with Crippen molar-refractivity contribution in [2.24, 2.45) is 0 Å². The lowest BCUT2D eigenvalue weighted by Crippen LogP contribution is -2.13. The molecule has 0 fully saturated rings. The molecule has 0 aliphatic carbocycles. The molecule has 0 atom stereocenters. The van der Waals surface area contributed by atoms with E-state index >= 15 is 0 Å². The molecule has 0 aliphatic heterocycles. The van der Waals surface area contributed by atoms with Crippen LogP contribution in [0.15, 0.2) is 22.7 Å². The van der Waals surface area contributed by atoms with Crippen molar-refractivity contribution in [1.29, 1.82) is 0 Å². The maximum atomic E-state index is 11.9. The average Bonchev–Trinajstić information content (AvgIpc) is 2.82. The molecule has 1 aromatic carbocycles. The van der Waals surface area contributed by atoms with Crippen molar-refractivity contribution in [1.82, 2.24) is 15.2 Å². The number of amides is 1. The van der Waals surface area contributed by atoms with Gasteiger partial charge in [0.25, 0.3) is 5.91 Å². The first kappa shape index (κ1) is 13.5. The zero-order valence-corrected chi connectivity index (χ0v) is 13.2. The summed E-state index contributed by atoms with van der Waals surface area (Å²) in [5, 5.41) is 9.33. The number of hydrogen-bond donors (Lipinski definition) is 2. The van der Waals surface area contributed by atoms with Gasteiger partial charge in [0, 0.05) is 20.2 Å². The van der Waals surface area contributed by atoms with E-state index in [1.54, 1.807) is 0 Å². The summed E-state index contributed by atoms with van der Waals surface area (Å²) in [7, 11) is 0. The standard InChI is InChI=1S/C11H10BrIN4O/c1-2-9-15-10(17-16-9)11(18)14-6-3-4-7(12)8(13)5-6/h3-5H,2H2,1H3,(H,14,18)(H,15,16,17). The molecule has 0 spiro atoms. The van der Waals surface area contributed by atoms with Gasteiger partial charge >= 0.3 is 0 Å². The molecular formula is C11H10BrIN4O. The molecule has 1 aromatic heterocycles. The van der Waals surface area contributed by atoms with E-state index in [-0.39, 0.29) is 11.7 Å². The molecule has 0 radical (unpaired) electrons. The average molecular weight is 421 g/mol. The monoisotopic (exact) mass is 420 g/mol. The van der Waals surface area contributed by atoms with E-state index in [1.165, 1.54) is 0 Å². The summed E-state index contributed by atoms with van der Waals surface area (Å²) < 4.78 is 2.02. The van der Waals surface area contributed by atoms with E-state index in [4.69, 9.17) is 0 Å². The highest BCUT2D eigenvalue weighted by atomic mass is 127. The van der Waals surface area contributed by atoms with Crippen molar-refractivity contribution in [3.8, 4) is 0 Å². The van der Waals surface area contributed by atoms with Crippen LogP contribution in [0, 0.1) is 3.57 Å². The van der Waals surface area contributed by atoms with Crippen LogP contribution >= 0.6 is 38.5 Å². The second kappa shape index (κ2) is 5.79. The topological polar surface area (TPSA) is 70.7 Å². The van der Waals surface area contributed by atoms with Gasteiger partial charge in [-0.15, -0.1) is 5.10 Å². The van der Waals surface area contributed by atoms with Crippen LogP contribution in [0.5, 0.6) is 0 Å². The summed E-state index contributed by atoms with van der Waals surface area (Å²) in [5.41, 5.74) is 0.718. The van der Waals surface area contributed by atoms with Crippen LogP contribution in [0.2, 0.25) is 0 Å². The Bertz CT molecular complexity index is 584. The Balaban J connectivity index is 2.13. The Hall–Kier alpha value is -0.960. The summed E-state index contributed by atoms with van der Waals surface area (Å²) in [6, 6.07) is 5.57. The number of H-pyrrole nitrogens is 1. The number of aryl methyl sites for hydroxylation is 1. The first-order valence-electron chi connectivity index (χ1n) is 5.28. The van der Waals surface area contributed by atoms with Gasteiger partial charge in [-0.05, 0) is 56.7 Å². The van der Waals surface area contributed by atoms with Crippen LogP contribution in [0.4, 0.5) is 5.69 Å². The van der Waals surface area contributed by atoms with Gasteiger partial charge in [-0.1, -0.05) is 6.92 Å². The van der Waals surface area contributed by atoms with Crippen molar-refractivity contribution in [2.75, 3.05) is 5.32 Å². The van der Waals surface area contributed by atoms with Crippen LogP contribution in [-0.2, 0) is 6.42 Å². The van der Waals surface area contributed by atoms with Crippen molar-refractivity contribution < 1.29 is 4.79 Å². The Labute approximate surface area is 126 Å². The maximum Gasteiger partial charge on any atom is 0.295 e. The molecule has 18 heavy (non-hydrogen) atoms. The van der Waals surface area contributed by atoms with E-state index in [0.29, 0.717) is 5.82 Å². The fraction of sp³-hybridized carbons (Fsp3) is 0.182.